The first kappa shape index (κ1) is 18.4. The van der Waals surface area contributed by atoms with Crippen molar-refractivity contribution in [2.45, 2.75) is 19.3 Å². The summed E-state index contributed by atoms with van der Waals surface area (Å²) in [6.45, 7) is 3.03. The van der Waals surface area contributed by atoms with Crippen molar-refractivity contribution in [3.05, 3.63) is 48.5 Å². The van der Waals surface area contributed by atoms with Gasteiger partial charge in [0.15, 0.2) is 5.82 Å². The molecule has 4 aromatic rings. The number of tetrazole rings is 1. The van der Waals surface area contributed by atoms with Crippen LogP contribution < -0.4 is 10.6 Å². The minimum Gasteiger partial charge on any atom is -0.337 e. The first-order chi connectivity index (χ1) is 14.8. The maximum atomic E-state index is 12.2. The lowest BCUT2D eigenvalue weighted by molar-refractivity contribution is -0.116. The number of para-hydroxylation sites is 2. The molecule has 0 saturated carbocycles. The normalized spacial score (nSPS) is 14.4. The van der Waals surface area contributed by atoms with E-state index in [1.807, 2.05) is 48.5 Å². The second kappa shape index (κ2) is 8.03. The third kappa shape index (κ3) is 3.79. The Bertz CT molecular complexity index is 1180. The Morgan fingerprint density at radius 3 is 2.60 bits per heavy atom. The van der Waals surface area contributed by atoms with Gasteiger partial charge in [0, 0.05) is 24.3 Å². The molecule has 1 aliphatic heterocycles. The highest BCUT2D eigenvalue weighted by atomic mass is 16.1. The molecule has 0 atom stereocenters. The van der Waals surface area contributed by atoms with Crippen molar-refractivity contribution in [3.63, 3.8) is 0 Å². The highest BCUT2D eigenvalue weighted by Gasteiger charge is 2.14. The zero-order valence-electron chi connectivity index (χ0n) is 16.5. The number of carbonyl (C=O) groups is 1. The molecule has 9 heteroatoms. The Kier molecular flexibility index (Phi) is 4.94. The van der Waals surface area contributed by atoms with Gasteiger partial charge in [-0.1, -0.05) is 12.1 Å². The molecule has 2 aromatic heterocycles. The van der Waals surface area contributed by atoms with Crippen LogP contribution in [0.15, 0.2) is 48.5 Å². The fourth-order valence-corrected chi connectivity index (χ4v) is 3.75. The number of benzene rings is 2. The van der Waals surface area contributed by atoms with Gasteiger partial charge >= 0.3 is 0 Å². The van der Waals surface area contributed by atoms with E-state index >= 15 is 0 Å². The summed E-state index contributed by atoms with van der Waals surface area (Å²) < 4.78 is 1.67. The number of nitrogens with zero attached hydrogens (tertiary/aromatic N) is 6. The molecule has 1 amide bonds. The minimum absolute atomic E-state index is 0.0371. The topological polar surface area (TPSA) is 100 Å². The van der Waals surface area contributed by atoms with Crippen LogP contribution in [0.2, 0.25) is 0 Å². The summed E-state index contributed by atoms with van der Waals surface area (Å²) in [6.07, 6.45) is 2.98. The molecule has 0 spiro atoms. The summed E-state index contributed by atoms with van der Waals surface area (Å²) >= 11 is 0. The summed E-state index contributed by atoms with van der Waals surface area (Å²) in [7, 11) is 0. The fraction of sp³-hybridized carbons (Fsp3) is 0.286. The number of hydrogen-bond donors (Lipinski definition) is 2. The van der Waals surface area contributed by atoms with E-state index in [1.165, 1.54) is 12.8 Å². The molecule has 0 bridgehead atoms. The zero-order valence-corrected chi connectivity index (χ0v) is 16.5. The molecule has 0 aliphatic carbocycles. The van der Waals surface area contributed by atoms with Crippen LogP contribution in [0, 0.1) is 0 Å². The van der Waals surface area contributed by atoms with Crippen molar-refractivity contribution in [1.29, 1.82) is 0 Å². The van der Waals surface area contributed by atoms with Crippen LogP contribution >= 0.6 is 0 Å². The smallest absolute Gasteiger partial charge is 0.225 e. The summed E-state index contributed by atoms with van der Waals surface area (Å²) in [4.78, 5) is 19.2. The van der Waals surface area contributed by atoms with Gasteiger partial charge in [0.2, 0.25) is 11.6 Å². The Labute approximate surface area is 173 Å². The van der Waals surface area contributed by atoms with Crippen molar-refractivity contribution in [2.75, 3.05) is 30.3 Å². The molecular formula is C21H22N8O. The van der Waals surface area contributed by atoms with E-state index in [4.69, 9.17) is 0 Å². The maximum absolute atomic E-state index is 12.2. The van der Waals surface area contributed by atoms with Gasteiger partial charge in [0.05, 0.1) is 11.0 Å². The fourth-order valence-electron chi connectivity index (χ4n) is 3.75. The van der Waals surface area contributed by atoms with Crippen LogP contribution in [0.5, 0.6) is 0 Å². The van der Waals surface area contributed by atoms with Crippen LogP contribution in [0.1, 0.15) is 19.3 Å². The van der Waals surface area contributed by atoms with Gasteiger partial charge in [0.1, 0.15) is 0 Å². The summed E-state index contributed by atoms with van der Waals surface area (Å²) in [5.74, 6) is 0.608. The Morgan fingerprint density at radius 2 is 1.77 bits per heavy atom. The van der Waals surface area contributed by atoms with Gasteiger partial charge in [0.25, 0.3) is 0 Å². The first-order valence-electron chi connectivity index (χ1n) is 10.1. The van der Waals surface area contributed by atoms with E-state index < -0.39 is 0 Å². The average Bonchev–Trinajstić information content (AvgIpc) is 3.46. The highest BCUT2D eigenvalue weighted by molar-refractivity contribution is 5.91. The second-order valence-corrected chi connectivity index (χ2v) is 7.41. The highest BCUT2D eigenvalue weighted by Crippen LogP contribution is 2.23. The molecule has 1 aliphatic rings. The number of fused-ring (bicyclic) bond motifs is 3. The van der Waals surface area contributed by atoms with Gasteiger partial charge < -0.3 is 15.5 Å². The maximum Gasteiger partial charge on any atom is 0.225 e. The number of amides is 1. The summed E-state index contributed by atoms with van der Waals surface area (Å²) in [5, 5.41) is 18.2. The first-order valence-corrected chi connectivity index (χ1v) is 10.1. The van der Waals surface area contributed by atoms with E-state index in [1.54, 1.807) is 4.52 Å². The number of carbonyl (C=O) groups excluding carboxylic acids is 1. The van der Waals surface area contributed by atoms with Crippen LogP contribution in [-0.2, 0) is 4.79 Å². The predicted molar refractivity (Wildman–Crippen MR) is 115 cm³/mol. The van der Waals surface area contributed by atoms with E-state index in [2.05, 4.69) is 36.0 Å². The van der Waals surface area contributed by atoms with Crippen molar-refractivity contribution in [1.82, 2.24) is 29.9 Å². The molecule has 2 N–H and O–H groups in total. The van der Waals surface area contributed by atoms with Crippen molar-refractivity contribution < 1.29 is 4.79 Å². The van der Waals surface area contributed by atoms with Crippen LogP contribution in [0.4, 0.5) is 17.2 Å². The lowest BCUT2D eigenvalue weighted by Crippen LogP contribution is -2.25. The summed E-state index contributed by atoms with van der Waals surface area (Å²) in [5.41, 5.74) is 3.79. The number of anilines is 3. The largest absolute Gasteiger partial charge is 0.337 e. The molecular weight excluding hydrogens is 380 g/mol. The van der Waals surface area contributed by atoms with Gasteiger partial charge in [-0.05, 0) is 72.8 Å². The molecule has 1 saturated heterocycles. The van der Waals surface area contributed by atoms with Crippen LogP contribution in [0.3, 0.4) is 0 Å². The van der Waals surface area contributed by atoms with Gasteiger partial charge in [-0.3, -0.25) is 4.79 Å². The Hall–Kier alpha value is -3.59. The number of hydrogen-bond acceptors (Lipinski definition) is 7. The third-order valence-corrected chi connectivity index (χ3v) is 5.31. The van der Waals surface area contributed by atoms with E-state index in [0.29, 0.717) is 17.9 Å². The Balaban J connectivity index is 1.28. The van der Waals surface area contributed by atoms with Crippen LogP contribution in [0.25, 0.3) is 16.7 Å². The molecule has 152 valence electrons. The van der Waals surface area contributed by atoms with E-state index in [0.717, 1.165) is 42.0 Å². The van der Waals surface area contributed by atoms with E-state index in [-0.39, 0.29) is 5.91 Å². The molecule has 5 rings (SSSR count). The SMILES string of the molecule is O=C(CCN1CCCC1)Nc1ccc(Nc2nc3ccccc3n3nnnc23)cc1. The minimum atomic E-state index is 0.0371. The molecule has 0 unspecified atom stereocenters. The summed E-state index contributed by atoms with van der Waals surface area (Å²) in [6, 6.07) is 15.2. The molecule has 9 nitrogen and oxygen atoms in total. The van der Waals surface area contributed by atoms with Crippen molar-refractivity contribution in [2.24, 2.45) is 0 Å². The predicted octanol–water partition coefficient (Wildman–Crippen LogP) is 2.84. The Morgan fingerprint density at radius 1 is 1.00 bits per heavy atom. The van der Waals surface area contributed by atoms with Gasteiger partial charge in [-0.2, -0.15) is 4.52 Å². The lowest BCUT2D eigenvalue weighted by atomic mass is 10.2. The monoisotopic (exact) mass is 402 g/mol. The average molecular weight is 402 g/mol. The van der Waals surface area contributed by atoms with Crippen LogP contribution in [-0.4, -0.2) is 55.5 Å². The number of aromatic nitrogens is 5. The van der Waals surface area contributed by atoms with Gasteiger partial charge in [-0.15, -0.1) is 5.10 Å². The molecule has 1 fully saturated rings. The standard InChI is InChI=1S/C21H22N8O/c30-19(11-14-28-12-3-4-13-28)22-15-7-9-16(10-8-15)23-20-21-25-26-27-29(21)18-6-2-1-5-17(18)24-20/h1-2,5-10H,3-4,11-14H2,(H,22,30)(H,23,24). The number of nitrogens with one attached hydrogen (secondary N) is 2. The molecule has 2 aromatic carbocycles. The lowest BCUT2D eigenvalue weighted by Gasteiger charge is -2.14. The molecule has 0 radical (unpaired) electrons. The van der Waals surface area contributed by atoms with Crippen molar-refractivity contribution >= 4 is 39.8 Å². The van der Waals surface area contributed by atoms with Crippen molar-refractivity contribution in [3.8, 4) is 0 Å². The number of likely N-dealkylation sites (tertiary alicyclic amines) is 1. The quantitative estimate of drug-likeness (QED) is 0.511. The molecule has 30 heavy (non-hydrogen) atoms. The van der Waals surface area contributed by atoms with Gasteiger partial charge in [-0.25, -0.2) is 4.98 Å². The second-order valence-electron chi connectivity index (χ2n) is 7.41. The zero-order chi connectivity index (χ0) is 20.3. The van der Waals surface area contributed by atoms with E-state index in [9.17, 15) is 4.79 Å². The number of rotatable bonds is 6. The molecule has 3 heterocycles. The third-order valence-electron chi connectivity index (χ3n) is 5.31.